The number of nitrogens with zero attached hydrogens (tertiary/aromatic N) is 3. The average molecular weight is 662 g/mol. The van der Waals surface area contributed by atoms with Gasteiger partial charge in [0.25, 0.3) is 15.7 Å². The molecule has 42 heavy (non-hydrogen) atoms. The predicted molar refractivity (Wildman–Crippen MR) is 163 cm³/mol. The summed E-state index contributed by atoms with van der Waals surface area (Å²) in [5.41, 5.74) is 0.781. The molecule has 0 aliphatic carbocycles. The first-order valence-corrected chi connectivity index (χ1v) is 15.2. The summed E-state index contributed by atoms with van der Waals surface area (Å²) < 4.78 is 34.9. The number of sulfonamides is 1. The molecule has 0 heterocycles. The van der Waals surface area contributed by atoms with E-state index in [1.54, 1.807) is 45.0 Å². The number of nitro benzene ring substituents is 1. The van der Waals surface area contributed by atoms with Gasteiger partial charge in [0.05, 0.1) is 22.6 Å². The number of hydrogen-bond acceptors (Lipinski definition) is 7. The van der Waals surface area contributed by atoms with Crippen molar-refractivity contribution in [2.45, 2.75) is 51.2 Å². The van der Waals surface area contributed by atoms with Gasteiger partial charge in [-0.1, -0.05) is 34.1 Å². The van der Waals surface area contributed by atoms with E-state index < -0.39 is 39.3 Å². The van der Waals surface area contributed by atoms with E-state index in [1.807, 2.05) is 0 Å². The number of aryl methyl sites for hydroxylation is 1. The minimum absolute atomic E-state index is 0.0330. The van der Waals surface area contributed by atoms with E-state index in [-0.39, 0.29) is 34.4 Å². The number of methoxy groups -OCH3 is 1. The van der Waals surface area contributed by atoms with E-state index in [9.17, 15) is 28.1 Å². The molecule has 0 aliphatic rings. The van der Waals surface area contributed by atoms with Crippen molar-refractivity contribution >= 4 is 49.1 Å². The Morgan fingerprint density at radius 1 is 1.02 bits per heavy atom. The van der Waals surface area contributed by atoms with Crippen molar-refractivity contribution in [1.29, 1.82) is 0 Å². The molecule has 0 spiro atoms. The van der Waals surface area contributed by atoms with Gasteiger partial charge in [0, 0.05) is 28.7 Å². The van der Waals surface area contributed by atoms with Gasteiger partial charge in [0.1, 0.15) is 18.3 Å². The Labute approximate surface area is 253 Å². The molecular weight excluding hydrogens is 628 g/mol. The number of nitro groups is 1. The van der Waals surface area contributed by atoms with Gasteiger partial charge in [0.2, 0.25) is 11.8 Å². The van der Waals surface area contributed by atoms with E-state index in [0.717, 1.165) is 20.4 Å². The van der Waals surface area contributed by atoms with Gasteiger partial charge in [-0.15, -0.1) is 0 Å². The Hall–Kier alpha value is -3.97. The average Bonchev–Trinajstić information content (AvgIpc) is 2.94. The summed E-state index contributed by atoms with van der Waals surface area (Å²) in [6, 6.07) is 15.7. The largest absolute Gasteiger partial charge is 0.497 e. The highest BCUT2D eigenvalue weighted by molar-refractivity contribution is 9.10. The number of carbonyl (C=O) groups excluding carboxylic acids is 2. The molecule has 3 aromatic carbocycles. The molecule has 224 valence electrons. The molecule has 0 bridgehead atoms. The second kappa shape index (κ2) is 13.8. The van der Waals surface area contributed by atoms with E-state index in [4.69, 9.17) is 4.74 Å². The van der Waals surface area contributed by atoms with E-state index >= 15 is 0 Å². The summed E-state index contributed by atoms with van der Waals surface area (Å²) in [4.78, 5) is 38.8. The van der Waals surface area contributed by atoms with Crippen molar-refractivity contribution in [3.8, 4) is 5.75 Å². The number of anilines is 1. The molecule has 3 aromatic rings. The van der Waals surface area contributed by atoms with Crippen molar-refractivity contribution in [2.24, 2.45) is 0 Å². The lowest BCUT2D eigenvalue weighted by Crippen LogP contribution is -2.52. The fourth-order valence-electron chi connectivity index (χ4n) is 4.13. The van der Waals surface area contributed by atoms with Crippen LogP contribution in [0, 0.1) is 17.0 Å². The maximum absolute atomic E-state index is 14.0. The highest BCUT2D eigenvalue weighted by Gasteiger charge is 2.33. The van der Waals surface area contributed by atoms with Crippen molar-refractivity contribution in [1.82, 2.24) is 10.2 Å². The van der Waals surface area contributed by atoms with Crippen LogP contribution in [-0.4, -0.2) is 55.8 Å². The molecule has 0 aromatic heterocycles. The molecule has 2 amide bonds. The number of amides is 2. The van der Waals surface area contributed by atoms with Gasteiger partial charge >= 0.3 is 0 Å². The summed E-state index contributed by atoms with van der Waals surface area (Å²) in [5.74, 6) is -0.585. The number of rotatable bonds is 12. The fraction of sp³-hybridized carbons (Fsp3) is 0.310. The van der Waals surface area contributed by atoms with Crippen molar-refractivity contribution < 1.29 is 27.7 Å². The number of hydrogen-bond donors (Lipinski definition) is 1. The fourth-order valence-corrected chi connectivity index (χ4v) is 5.82. The Morgan fingerprint density at radius 2 is 1.64 bits per heavy atom. The van der Waals surface area contributed by atoms with Crippen LogP contribution in [0.1, 0.15) is 31.9 Å². The molecule has 1 atom stereocenters. The number of nitrogens with one attached hydrogen (secondary N) is 1. The topological polar surface area (TPSA) is 139 Å². The number of benzene rings is 3. The van der Waals surface area contributed by atoms with Crippen LogP contribution in [-0.2, 0) is 26.2 Å². The maximum Gasteiger partial charge on any atom is 0.273 e. The van der Waals surface area contributed by atoms with E-state index in [0.29, 0.717) is 5.75 Å². The number of carbonyl (C=O) groups is 2. The monoisotopic (exact) mass is 660 g/mol. The zero-order chi connectivity index (χ0) is 31.2. The third-order valence-corrected chi connectivity index (χ3v) is 8.77. The lowest BCUT2D eigenvalue weighted by Gasteiger charge is -2.32. The molecule has 13 heteroatoms. The normalized spacial score (nSPS) is 12.0. The van der Waals surface area contributed by atoms with Crippen LogP contribution in [0.5, 0.6) is 5.75 Å². The van der Waals surface area contributed by atoms with Crippen LogP contribution < -0.4 is 14.4 Å². The second-order valence-electron chi connectivity index (χ2n) is 9.90. The lowest BCUT2D eigenvalue weighted by molar-refractivity contribution is -0.385. The highest BCUT2D eigenvalue weighted by atomic mass is 79.9. The summed E-state index contributed by atoms with van der Waals surface area (Å²) in [7, 11) is -3.02. The molecule has 0 fully saturated rings. The van der Waals surface area contributed by atoms with Gasteiger partial charge in [-0.05, 0) is 75.7 Å². The quantitative estimate of drug-likeness (QED) is 0.217. The van der Waals surface area contributed by atoms with Crippen molar-refractivity contribution in [3.63, 3.8) is 0 Å². The molecule has 1 unspecified atom stereocenters. The molecule has 1 N–H and O–H groups in total. The summed E-state index contributed by atoms with van der Waals surface area (Å²) >= 11 is 3.38. The Bertz CT molecular complexity index is 1550. The van der Waals surface area contributed by atoms with Crippen LogP contribution in [0.4, 0.5) is 11.4 Å². The standard InChI is InChI=1S/C29H33BrN4O7S/c1-19(2)31-29(36)21(4)32(17-22-7-9-23(30)10-8-22)28(35)18-33(24-11-13-25(41-5)14-12-24)42(39,40)26-15-6-20(3)27(16-26)34(37)38/h6-16,19,21H,17-18H2,1-5H3,(H,31,36). The first-order valence-electron chi connectivity index (χ1n) is 13.0. The van der Waals surface area contributed by atoms with Gasteiger partial charge in [-0.3, -0.25) is 24.0 Å². The van der Waals surface area contributed by atoms with E-state index in [1.165, 1.54) is 55.3 Å². The van der Waals surface area contributed by atoms with Crippen LogP contribution in [0.15, 0.2) is 76.1 Å². The molecule has 0 aliphatic heterocycles. The first kappa shape index (κ1) is 32.5. The Balaban J connectivity index is 2.09. The Kier molecular flexibility index (Phi) is 10.7. The van der Waals surface area contributed by atoms with Gasteiger partial charge in [-0.2, -0.15) is 0 Å². The molecule has 0 saturated heterocycles. The second-order valence-corrected chi connectivity index (χ2v) is 12.7. The summed E-state index contributed by atoms with van der Waals surface area (Å²) in [6.07, 6.45) is 0. The molecule has 0 saturated carbocycles. The van der Waals surface area contributed by atoms with Gasteiger partial charge < -0.3 is 15.0 Å². The predicted octanol–water partition coefficient (Wildman–Crippen LogP) is 4.81. The van der Waals surface area contributed by atoms with Gasteiger partial charge in [-0.25, -0.2) is 8.42 Å². The maximum atomic E-state index is 14.0. The zero-order valence-corrected chi connectivity index (χ0v) is 26.3. The highest BCUT2D eigenvalue weighted by Crippen LogP contribution is 2.29. The van der Waals surface area contributed by atoms with Crippen molar-refractivity contribution in [3.05, 3.63) is 92.4 Å². The van der Waals surface area contributed by atoms with E-state index in [2.05, 4.69) is 21.2 Å². The molecular formula is C29H33BrN4O7S. The van der Waals surface area contributed by atoms with Crippen LogP contribution in [0.3, 0.4) is 0 Å². The minimum Gasteiger partial charge on any atom is -0.497 e. The van der Waals surface area contributed by atoms with Crippen LogP contribution in [0.2, 0.25) is 0 Å². The summed E-state index contributed by atoms with van der Waals surface area (Å²) in [5, 5.41) is 14.4. The SMILES string of the molecule is COc1ccc(N(CC(=O)N(Cc2ccc(Br)cc2)C(C)C(=O)NC(C)C)S(=O)(=O)c2ccc(C)c([N+](=O)[O-])c2)cc1. The van der Waals surface area contributed by atoms with Gasteiger partial charge in [0.15, 0.2) is 0 Å². The molecule has 3 rings (SSSR count). The van der Waals surface area contributed by atoms with Crippen LogP contribution in [0.25, 0.3) is 0 Å². The summed E-state index contributed by atoms with van der Waals surface area (Å²) in [6.45, 7) is 6.03. The lowest BCUT2D eigenvalue weighted by atomic mass is 10.1. The van der Waals surface area contributed by atoms with Crippen molar-refractivity contribution in [2.75, 3.05) is 18.0 Å². The smallest absolute Gasteiger partial charge is 0.273 e. The number of ether oxygens (including phenoxy) is 1. The third kappa shape index (κ3) is 7.85. The molecule has 11 nitrogen and oxygen atoms in total. The Morgan fingerprint density at radius 3 is 2.19 bits per heavy atom. The number of halogens is 1. The zero-order valence-electron chi connectivity index (χ0n) is 23.9. The first-order chi connectivity index (χ1) is 19.7. The molecule has 0 radical (unpaired) electrons. The third-order valence-electron chi connectivity index (χ3n) is 6.47. The van der Waals surface area contributed by atoms with Crippen LogP contribution >= 0.6 is 15.9 Å². The minimum atomic E-state index is -4.48.